The zero-order valence-electron chi connectivity index (χ0n) is 12.9. The number of carbonyl (C=O) groups excluding carboxylic acids is 1. The molecule has 2 aromatic rings. The standard InChI is InChI=1S/C15H19N5O.2ClH/c1-12-3-7-17-13(11-12)19-14(21)15(4-8-16-9-5-15)20-10-2-6-18-20;;/h2-3,6-7,10-11,16H,4-5,8-9H2,1H3,(H,17,19,21);2*1H. The van der Waals surface area contributed by atoms with Crippen LogP contribution in [-0.2, 0) is 10.3 Å². The smallest absolute Gasteiger partial charge is 0.253 e. The fraction of sp³-hybridized carbons (Fsp3) is 0.400. The number of hydrogen-bond acceptors (Lipinski definition) is 4. The van der Waals surface area contributed by atoms with Crippen LogP contribution in [0.2, 0.25) is 0 Å². The number of halogens is 2. The van der Waals surface area contributed by atoms with Crippen LogP contribution in [0.1, 0.15) is 18.4 Å². The summed E-state index contributed by atoms with van der Waals surface area (Å²) in [7, 11) is 0. The first-order valence-electron chi connectivity index (χ1n) is 7.16. The lowest BCUT2D eigenvalue weighted by Gasteiger charge is -2.36. The van der Waals surface area contributed by atoms with Gasteiger partial charge in [0.05, 0.1) is 0 Å². The zero-order chi connectivity index (χ0) is 14.7. The molecule has 0 aromatic carbocycles. The van der Waals surface area contributed by atoms with Crippen LogP contribution in [0.4, 0.5) is 5.82 Å². The number of rotatable bonds is 3. The number of piperidine rings is 1. The van der Waals surface area contributed by atoms with Crippen LogP contribution in [0.25, 0.3) is 0 Å². The highest BCUT2D eigenvalue weighted by Gasteiger charge is 2.42. The van der Waals surface area contributed by atoms with Gasteiger partial charge in [0.25, 0.3) is 5.91 Å². The van der Waals surface area contributed by atoms with Gasteiger partial charge in [-0.2, -0.15) is 5.10 Å². The Balaban J connectivity index is 0.00000132. The molecule has 23 heavy (non-hydrogen) atoms. The molecule has 1 aliphatic rings. The van der Waals surface area contributed by atoms with E-state index in [2.05, 4.69) is 20.7 Å². The third kappa shape index (κ3) is 4.02. The maximum atomic E-state index is 12.9. The summed E-state index contributed by atoms with van der Waals surface area (Å²) in [6.45, 7) is 3.58. The molecule has 2 N–H and O–H groups in total. The van der Waals surface area contributed by atoms with E-state index >= 15 is 0 Å². The second-order valence-electron chi connectivity index (χ2n) is 5.40. The Labute approximate surface area is 147 Å². The van der Waals surface area contributed by atoms with Gasteiger partial charge in [0, 0.05) is 18.6 Å². The van der Waals surface area contributed by atoms with Crippen molar-refractivity contribution < 1.29 is 4.79 Å². The molecule has 8 heteroatoms. The second kappa shape index (κ2) is 8.29. The monoisotopic (exact) mass is 357 g/mol. The van der Waals surface area contributed by atoms with Crippen molar-refractivity contribution in [2.24, 2.45) is 0 Å². The van der Waals surface area contributed by atoms with Crippen LogP contribution in [0.3, 0.4) is 0 Å². The van der Waals surface area contributed by atoms with E-state index in [0.717, 1.165) is 18.7 Å². The van der Waals surface area contributed by atoms with Gasteiger partial charge in [0.1, 0.15) is 11.4 Å². The molecule has 0 bridgehead atoms. The first kappa shape index (κ1) is 19.4. The molecular weight excluding hydrogens is 337 g/mol. The molecule has 0 atom stereocenters. The van der Waals surface area contributed by atoms with Gasteiger partial charge in [-0.05, 0) is 56.6 Å². The van der Waals surface area contributed by atoms with Gasteiger partial charge < -0.3 is 10.6 Å². The molecule has 2 aromatic heterocycles. The van der Waals surface area contributed by atoms with E-state index in [1.165, 1.54) is 0 Å². The fourth-order valence-corrected chi connectivity index (χ4v) is 2.76. The van der Waals surface area contributed by atoms with Gasteiger partial charge in [0.15, 0.2) is 0 Å². The number of nitrogens with one attached hydrogen (secondary N) is 2. The number of anilines is 1. The minimum absolute atomic E-state index is 0. The molecule has 0 spiro atoms. The molecule has 1 fully saturated rings. The van der Waals surface area contributed by atoms with Crippen LogP contribution >= 0.6 is 24.8 Å². The van der Waals surface area contributed by atoms with E-state index in [1.807, 2.05) is 31.3 Å². The maximum Gasteiger partial charge on any atom is 0.253 e. The van der Waals surface area contributed by atoms with Gasteiger partial charge in [-0.1, -0.05) is 0 Å². The Morgan fingerprint density at radius 2 is 2.04 bits per heavy atom. The summed E-state index contributed by atoms with van der Waals surface area (Å²) >= 11 is 0. The van der Waals surface area contributed by atoms with Gasteiger partial charge in [0.2, 0.25) is 0 Å². The van der Waals surface area contributed by atoms with Gasteiger partial charge >= 0.3 is 0 Å². The predicted octanol–water partition coefficient (Wildman–Crippen LogP) is 2.15. The molecule has 0 aliphatic carbocycles. The molecule has 0 radical (unpaired) electrons. The topological polar surface area (TPSA) is 71.8 Å². The van der Waals surface area contributed by atoms with Gasteiger partial charge in [-0.3, -0.25) is 9.48 Å². The molecule has 3 rings (SSSR count). The molecule has 0 saturated carbocycles. The Hall–Kier alpha value is -1.63. The van der Waals surface area contributed by atoms with Crippen molar-refractivity contribution in [2.45, 2.75) is 25.3 Å². The number of nitrogens with zero attached hydrogens (tertiary/aromatic N) is 3. The van der Waals surface area contributed by atoms with E-state index < -0.39 is 5.54 Å². The average molecular weight is 358 g/mol. The van der Waals surface area contributed by atoms with Gasteiger partial charge in [-0.25, -0.2) is 4.98 Å². The lowest BCUT2D eigenvalue weighted by molar-refractivity contribution is -0.126. The highest BCUT2D eigenvalue weighted by molar-refractivity contribution is 5.96. The van der Waals surface area contributed by atoms with Crippen LogP contribution in [0.15, 0.2) is 36.8 Å². The number of pyridine rings is 1. The summed E-state index contributed by atoms with van der Waals surface area (Å²) in [5.41, 5.74) is 0.430. The maximum absolute atomic E-state index is 12.9. The van der Waals surface area contributed by atoms with Crippen LogP contribution in [0.5, 0.6) is 0 Å². The van der Waals surface area contributed by atoms with Crippen LogP contribution in [-0.4, -0.2) is 33.8 Å². The first-order chi connectivity index (χ1) is 10.2. The molecule has 3 heterocycles. The largest absolute Gasteiger partial charge is 0.317 e. The predicted molar refractivity (Wildman–Crippen MR) is 94.4 cm³/mol. The molecule has 126 valence electrons. The Bertz CT molecular complexity index is 627. The third-order valence-electron chi connectivity index (χ3n) is 3.95. The van der Waals surface area contributed by atoms with E-state index in [0.29, 0.717) is 18.7 Å². The molecular formula is C15H21Cl2N5O. The van der Waals surface area contributed by atoms with Gasteiger partial charge in [-0.15, -0.1) is 24.8 Å². The van der Waals surface area contributed by atoms with E-state index in [4.69, 9.17) is 0 Å². The lowest BCUT2D eigenvalue weighted by Crippen LogP contribution is -2.52. The summed E-state index contributed by atoms with van der Waals surface area (Å²) in [5, 5.41) is 10.5. The average Bonchev–Trinajstić information content (AvgIpc) is 3.02. The number of aryl methyl sites for hydroxylation is 1. The minimum atomic E-state index is -0.639. The summed E-state index contributed by atoms with van der Waals surface area (Å²) in [4.78, 5) is 17.1. The quantitative estimate of drug-likeness (QED) is 0.882. The summed E-state index contributed by atoms with van der Waals surface area (Å²) in [5.74, 6) is 0.538. The van der Waals surface area contributed by atoms with E-state index in [-0.39, 0.29) is 30.7 Å². The number of carbonyl (C=O) groups is 1. The van der Waals surface area contributed by atoms with E-state index in [9.17, 15) is 4.79 Å². The highest BCUT2D eigenvalue weighted by atomic mass is 35.5. The summed E-state index contributed by atoms with van der Waals surface area (Å²) < 4.78 is 1.78. The minimum Gasteiger partial charge on any atom is -0.317 e. The Kier molecular flexibility index (Phi) is 7.00. The van der Waals surface area contributed by atoms with Crippen molar-refractivity contribution in [3.63, 3.8) is 0 Å². The van der Waals surface area contributed by atoms with Crippen molar-refractivity contribution in [1.29, 1.82) is 0 Å². The number of aromatic nitrogens is 3. The Morgan fingerprint density at radius 3 is 2.65 bits per heavy atom. The molecule has 6 nitrogen and oxygen atoms in total. The molecule has 1 saturated heterocycles. The summed E-state index contributed by atoms with van der Waals surface area (Å²) in [6.07, 6.45) is 6.70. The number of amides is 1. The van der Waals surface area contributed by atoms with Crippen molar-refractivity contribution in [3.8, 4) is 0 Å². The Morgan fingerprint density at radius 1 is 1.30 bits per heavy atom. The van der Waals surface area contributed by atoms with Crippen LogP contribution < -0.4 is 10.6 Å². The normalized spacial score (nSPS) is 15.9. The summed E-state index contributed by atoms with van der Waals surface area (Å²) in [6, 6.07) is 5.63. The van der Waals surface area contributed by atoms with Crippen molar-refractivity contribution >= 4 is 36.5 Å². The zero-order valence-corrected chi connectivity index (χ0v) is 14.5. The van der Waals surface area contributed by atoms with E-state index in [1.54, 1.807) is 17.1 Å². The van der Waals surface area contributed by atoms with Crippen molar-refractivity contribution in [3.05, 3.63) is 42.4 Å². The number of hydrogen-bond donors (Lipinski definition) is 2. The second-order valence-corrected chi connectivity index (χ2v) is 5.40. The molecule has 1 aliphatic heterocycles. The lowest BCUT2D eigenvalue weighted by atomic mass is 9.87. The first-order valence-corrected chi connectivity index (χ1v) is 7.16. The van der Waals surface area contributed by atoms with Crippen molar-refractivity contribution in [2.75, 3.05) is 18.4 Å². The molecule has 1 amide bonds. The highest BCUT2D eigenvalue weighted by Crippen LogP contribution is 2.28. The SMILES string of the molecule is Cc1ccnc(NC(=O)C2(n3cccn3)CCNCC2)c1.Cl.Cl. The fourth-order valence-electron chi connectivity index (χ4n) is 2.76. The molecule has 0 unspecified atom stereocenters. The van der Waals surface area contributed by atoms with Crippen molar-refractivity contribution in [1.82, 2.24) is 20.1 Å². The van der Waals surface area contributed by atoms with Crippen LogP contribution in [0, 0.1) is 6.92 Å². The third-order valence-corrected chi connectivity index (χ3v) is 3.95.